The fourth-order valence-electron chi connectivity index (χ4n) is 8.63. The third kappa shape index (κ3) is 3.98. The van der Waals surface area contributed by atoms with E-state index in [9.17, 15) is 0 Å². The molecule has 4 aliphatic rings. The average molecular weight is 506 g/mol. The number of benzene rings is 5. The summed E-state index contributed by atoms with van der Waals surface area (Å²) in [6.45, 7) is 0. The Balaban J connectivity index is 1.22. The van der Waals surface area contributed by atoms with E-state index in [0.29, 0.717) is 6.04 Å². The van der Waals surface area contributed by atoms with Crippen molar-refractivity contribution in [2.75, 3.05) is 4.90 Å². The van der Waals surface area contributed by atoms with Crippen molar-refractivity contribution in [2.24, 2.45) is 23.7 Å². The minimum Gasteiger partial charge on any atom is -0.338 e. The summed E-state index contributed by atoms with van der Waals surface area (Å²) in [4.78, 5) is 2.72. The highest BCUT2D eigenvalue weighted by Gasteiger charge is 2.50. The van der Waals surface area contributed by atoms with E-state index in [2.05, 4.69) is 126 Å². The SMILES string of the molecule is c1ccc(-c2c(-c3ccc(N(c4ccccc4)C4C5CC6CC(C5)CC4C6)cc3)ccc3ccccc23)cc1. The highest BCUT2D eigenvalue weighted by molar-refractivity contribution is 6.04. The molecule has 0 aromatic heterocycles. The van der Waals surface area contributed by atoms with Gasteiger partial charge in [-0.3, -0.25) is 0 Å². The van der Waals surface area contributed by atoms with Gasteiger partial charge >= 0.3 is 0 Å². The maximum atomic E-state index is 2.72. The van der Waals surface area contributed by atoms with Crippen molar-refractivity contribution < 1.29 is 0 Å². The van der Waals surface area contributed by atoms with Crippen molar-refractivity contribution in [3.63, 3.8) is 0 Å². The van der Waals surface area contributed by atoms with Gasteiger partial charge in [0.05, 0.1) is 0 Å². The van der Waals surface area contributed by atoms with Gasteiger partial charge in [0.25, 0.3) is 0 Å². The second kappa shape index (κ2) is 9.42. The molecule has 5 aromatic carbocycles. The Morgan fingerprint density at radius 3 is 1.74 bits per heavy atom. The van der Waals surface area contributed by atoms with Crippen LogP contribution in [0.5, 0.6) is 0 Å². The summed E-state index contributed by atoms with van der Waals surface area (Å²) in [7, 11) is 0. The lowest BCUT2D eigenvalue weighted by molar-refractivity contribution is 0.000531. The third-order valence-corrected chi connectivity index (χ3v) is 9.96. The standard InChI is InChI=1S/C38H35N/c1-3-10-30(11-4-1)37-35-14-8-7-9-28(35)17-20-36(37)29-15-18-34(19-16-29)39(33-12-5-2-6-13-33)38-31-22-26-21-27(24-31)25-32(38)23-26/h1-20,26-27,31-32,38H,21-25H2. The molecule has 0 saturated heterocycles. The van der Waals surface area contributed by atoms with E-state index in [1.807, 2.05) is 0 Å². The number of hydrogen-bond donors (Lipinski definition) is 0. The third-order valence-electron chi connectivity index (χ3n) is 9.96. The van der Waals surface area contributed by atoms with Crippen molar-refractivity contribution in [1.82, 2.24) is 0 Å². The topological polar surface area (TPSA) is 3.24 Å². The Morgan fingerprint density at radius 1 is 0.462 bits per heavy atom. The predicted octanol–water partition coefficient (Wildman–Crippen LogP) is 10.1. The van der Waals surface area contributed by atoms with Crippen LogP contribution in [0.15, 0.2) is 121 Å². The number of hydrogen-bond acceptors (Lipinski definition) is 1. The number of fused-ring (bicyclic) bond motifs is 1. The molecule has 0 unspecified atom stereocenters. The Hall–Kier alpha value is -3.84. The van der Waals surface area contributed by atoms with Crippen LogP contribution < -0.4 is 4.90 Å². The van der Waals surface area contributed by atoms with E-state index in [-0.39, 0.29) is 0 Å². The smallest absolute Gasteiger partial charge is 0.0414 e. The molecule has 0 N–H and O–H groups in total. The van der Waals surface area contributed by atoms with Crippen LogP contribution in [0, 0.1) is 23.7 Å². The van der Waals surface area contributed by atoms with Crippen LogP contribution in [0.2, 0.25) is 0 Å². The number of para-hydroxylation sites is 1. The van der Waals surface area contributed by atoms with Crippen molar-refractivity contribution in [3.8, 4) is 22.3 Å². The van der Waals surface area contributed by atoms with Gasteiger partial charge in [-0.2, -0.15) is 0 Å². The molecule has 4 fully saturated rings. The summed E-state index contributed by atoms with van der Waals surface area (Å²) in [6.07, 6.45) is 7.20. The first-order valence-corrected chi connectivity index (χ1v) is 14.8. The van der Waals surface area contributed by atoms with Gasteiger partial charge < -0.3 is 4.90 Å². The van der Waals surface area contributed by atoms with Crippen molar-refractivity contribution >= 4 is 22.1 Å². The second-order valence-electron chi connectivity index (χ2n) is 12.2. The number of anilines is 2. The van der Waals surface area contributed by atoms with Crippen LogP contribution in [0.4, 0.5) is 11.4 Å². The Bertz CT molecular complexity index is 1570. The van der Waals surface area contributed by atoms with Crippen molar-refractivity contribution in [1.29, 1.82) is 0 Å². The highest BCUT2D eigenvalue weighted by atomic mass is 15.2. The molecule has 4 bridgehead atoms. The van der Waals surface area contributed by atoms with E-state index in [1.54, 1.807) is 0 Å². The number of rotatable bonds is 5. The molecular formula is C38H35N. The van der Waals surface area contributed by atoms with Gasteiger partial charge in [0.1, 0.15) is 0 Å². The molecule has 9 rings (SSSR count). The van der Waals surface area contributed by atoms with Crippen LogP contribution in [0.3, 0.4) is 0 Å². The molecule has 192 valence electrons. The molecule has 4 aliphatic carbocycles. The molecule has 1 heteroatoms. The van der Waals surface area contributed by atoms with Crippen molar-refractivity contribution in [3.05, 3.63) is 121 Å². The quantitative estimate of drug-likeness (QED) is 0.230. The van der Waals surface area contributed by atoms with Gasteiger partial charge in [0, 0.05) is 17.4 Å². The van der Waals surface area contributed by atoms with E-state index < -0.39 is 0 Å². The fraction of sp³-hybridized carbons (Fsp3) is 0.263. The van der Waals surface area contributed by atoms with Crippen LogP contribution in [0.25, 0.3) is 33.0 Å². The molecule has 0 heterocycles. The van der Waals surface area contributed by atoms with Crippen LogP contribution in [-0.2, 0) is 0 Å². The summed E-state index contributed by atoms with van der Waals surface area (Å²) in [5.74, 6) is 3.61. The zero-order valence-electron chi connectivity index (χ0n) is 22.4. The highest BCUT2D eigenvalue weighted by Crippen LogP contribution is 2.56. The van der Waals surface area contributed by atoms with Gasteiger partial charge in [-0.1, -0.05) is 97.1 Å². The number of nitrogens with zero attached hydrogens (tertiary/aromatic N) is 1. The zero-order chi connectivity index (χ0) is 25.8. The van der Waals surface area contributed by atoms with Crippen LogP contribution in [0.1, 0.15) is 32.1 Å². The molecule has 0 spiro atoms. The molecule has 39 heavy (non-hydrogen) atoms. The fourth-order valence-corrected chi connectivity index (χ4v) is 8.63. The van der Waals surface area contributed by atoms with E-state index in [1.165, 1.54) is 76.5 Å². The summed E-state index contributed by atoms with van der Waals surface area (Å²) in [6, 6.07) is 45.5. The van der Waals surface area contributed by atoms with Crippen LogP contribution in [-0.4, -0.2) is 6.04 Å². The monoisotopic (exact) mass is 505 g/mol. The maximum Gasteiger partial charge on any atom is 0.0414 e. The molecule has 0 aliphatic heterocycles. The van der Waals surface area contributed by atoms with E-state index in [0.717, 1.165) is 23.7 Å². The molecule has 5 aromatic rings. The Labute approximate surface area is 232 Å². The minimum absolute atomic E-state index is 0.617. The second-order valence-corrected chi connectivity index (χ2v) is 12.2. The first kappa shape index (κ1) is 23.1. The van der Waals surface area contributed by atoms with Gasteiger partial charge in [-0.25, -0.2) is 0 Å². The molecular weight excluding hydrogens is 470 g/mol. The Kier molecular flexibility index (Phi) is 5.57. The summed E-state index contributed by atoms with van der Waals surface area (Å²) < 4.78 is 0. The van der Waals surface area contributed by atoms with Gasteiger partial charge in [0.2, 0.25) is 0 Å². The summed E-state index contributed by atoms with van der Waals surface area (Å²) in [5, 5.41) is 2.60. The van der Waals surface area contributed by atoms with Crippen molar-refractivity contribution in [2.45, 2.75) is 38.1 Å². The maximum absolute atomic E-state index is 2.72. The lowest BCUT2D eigenvalue weighted by Gasteiger charge is -2.57. The van der Waals surface area contributed by atoms with Gasteiger partial charge in [0.15, 0.2) is 0 Å². The lowest BCUT2D eigenvalue weighted by Crippen LogP contribution is -2.54. The summed E-state index contributed by atoms with van der Waals surface area (Å²) >= 11 is 0. The van der Waals surface area contributed by atoms with E-state index in [4.69, 9.17) is 0 Å². The van der Waals surface area contributed by atoms with Crippen LogP contribution >= 0.6 is 0 Å². The van der Waals surface area contributed by atoms with Gasteiger partial charge in [-0.15, -0.1) is 0 Å². The van der Waals surface area contributed by atoms with Gasteiger partial charge in [-0.05, 0) is 113 Å². The normalized spacial score (nSPS) is 25.2. The molecule has 0 radical (unpaired) electrons. The first-order chi connectivity index (χ1) is 19.3. The molecule has 1 nitrogen and oxygen atoms in total. The lowest BCUT2D eigenvalue weighted by atomic mass is 9.53. The molecule has 0 amide bonds. The molecule has 0 atom stereocenters. The molecule has 4 saturated carbocycles. The first-order valence-electron chi connectivity index (χ1n) is 14.8. The van der Waals surface area contributed by atoms with E-state index >= 15 is 0 Å². The zero-order valence-corrected chi connectivity index (χ0v) is 22.4. The minimum atomic E-state index is 0.617. The average Bonchev–Trinajstić information content (AvgIpc) is 2.99. The largest absolute Gasteiger partial charge is 0.338 e. The predicted molar refractivity (Wildman–Crippen MR) is 164 cm³/mol. The summed E-state index contributed by atoms with van der Waals surface area (Å²) in [5.41, 5.74) is 7.85. The Morgan fingerprint density at radius 2 is 1.05 bits per heavy atom.